The van der Waals surface area contributed by atoms with Crippen LogP contribution >= 0.6 is 0 Å². The largest absolute Gasteiger partial charge is 0.493 e. The van der Waals surface area contributed by atoms with Gasteiger partial charge in [-0.25, -0.2) is 0 Å². The van der Waals surface area contributed by atoms with E-state index in [0.717, 1.165) is 59.5 Å². The molecule has 322 valence electrons. The number of benzene rings is 4. The van der Waals surface area contributed by atoms with Crippen LogP contribution in [0.15, 0.2) is 97.3 Å². The molecule has 4 aromatic heterocycles. The summed E-state index contributed by atoms with van der Waals surface area (Å²) in [5.41, 5.74) is 8.42. The molecular weight excluding hydrogens is 777 g/mol. The fourth-order valence-electron chi connectivity index (χ4n) is 9.28. The molecule has 10 heteroatoms. The van der Waals surface area contributed by atoms with Gasteiger partial charge < -0.3 is 37.6 Å². The van der Waals surface area contributed by atoms with Crippen LogP contribution in [0.2, 0.25) is 0 Å². The Morgan fingerprint density at radius 2 is 0.726 bits per heavy atom. The van der Waals surface area contributed by atoms with E-state index in [0.29, 0.717) is 34.5 Å². The van der Waals surface area contributed by atoms with Crippen LogP contribution in [0.25, 0.3) is 66.1 Å². The van der Waals surface area contributed by atoms with Gasteiger partial charge in [-0.1, -0.05) is 87.8 Å². The van der Waals surface area contributed by atoms with Crippen LogP contribution in [0.1, 0.15) is 64.2 Å². The van der Waals surface area contributed by atoms with Gasteiger partial charge in [0.1, 0.15) is 0 Å². The number of unbranched alkanes of at least 4 members (excludes halogenated alkanes) is 9. The highest BCUT2D eigenvalue weighted by atomic mass is 16.5. The number of rotatable bonds is 21. The molecule has 0 aliphatic rings. The van der Waals surface area contributed by atoms with Crippen molar-refractivity contribution in [2.75, 3.05) is 42.7 Å². The number of nitrogens with zero attached hydrogens (tertiary/aromatic N) is 4. The van der Waals surface area contributed by atoms with Crippen LogP contribution in [0.4, 0.5) is 0 Å². The summed E-state index contributed by atoms with van der Waals surface area (Å²) in [5.74, 6) is 3.61. The molecule has 0 fully saturated rings. The van der Waals surface area contributed by atoms with Crippen molar-refractivity contribution in [2.45, 2.75) is 77.3 Å². The van der Waals surface area contributed by atoms with Gasteiger partial charge in [-0.3, -0.25) is 9.97 Å². The standard InChI is InChI=1S/C52H58N4O6/c1-57-43-31-35(32-44(58-2)51(43)61-5)47-49-39(25-27-53-47)37-21-15-17-23-41(37)55(49)29-19-13-11-9-7-8-10-12-14-20-30-56-42-24-18-16-22-38(42)40-26-28-54-48(50(40)56)36-33-45(59-3)52(62-6)46(34-36)60-4/h15-18,21-28,31-34H,7-14,19-20,29-30H2,1-6H3. The van der Waals surface area contributed by atoms with Gasteiger partial charge in [0.05, 0.1) is 65.1 Å². The first-order chi connectivity index (χ1) is 30.5. The molecule has 0 bridgehead atoms. The number of hydrogen-bond donors (Lipinski definition) is 0. The molecule has 4 heterocycles. The number of aromatic nitrogens is 4. The van der Waals surface area contributed by atoms with Gasteiger partial charge in [0.25, 0.3) is 0 Å². The topological polar surface area (TPSA) is 91.0 Å². The van der Waals surface area contributed by atoms with Crippen molar-refractivity contribution in [3.05, 3.63) is 97.3 Å². The number of para-hydroxylation sites is 2. The lowest BCUT2D eigenvalue weighted by Gasteiger charge is -2.15. The van der Waals surface area contributed by atoms with E-state index in [4.69, 9.17) is 38.4 Å². The zero-order valence-electron chi connectivity index (χ0n) is 37.0. The minimum atomic E-state index is 0.574. The molecular formula is C52H58N4O6. The van der Waals surface area contributed by atoms with E-state index in [1.165, 1.54) is 83.9 Å². The molecule has 62 heavy (non-hydrogen) atoms. The second-order valence-electron chi connectivity index (χ2n) is 15.8. The third-order valence-corrected chi connectivity index (χ3v) is 12.2. The highest BCUT2D eigenvalue weighted by Crippen LogP contribution is 2.45. The first-order valence-electron chi connectivity index (χ1n) is 21.9. The van der Waals surface area contributed by atoms with E-state index >= 15 is 0 Å². The Bertz CT molecular complexity index is 2570. The molecule has 0 saturated heterocycles. The normalized spacial score (nSPS) is 11.5. The van der Waals surface area contributed by atoms with Crippen molar-refractivity contribution in [1.82, 2.24) is 19.1 Å². The Balaban J connectivity index is 0.857. The molecule has 0 radical (unpaired) electrons. The van der Waals surface area contributed by atoms with Crippen molar-refractivity contribution < 1.29 is 28.4 Å². The van der Waals surface area contributed by atoms with Crippen molar-refractivity contribution in [2.24, 2.45) is 0 Å². The van der Waals surface area contributed by atoms with Crippen molar-refractivity contribution in [3.63, 3.8) is 0 Å². The molecule has 0 saturated carbocycles. The Morgan fingerprint density at radius 3 is 1.06 bits per heavy atom. The second kappa shape index (κ2) is 19.5. The van der Waals surface area contributed by atoms with Gasteiger partial charge in [-0.2, -0.15) is 0 Å². The fourth-order valence-corrected chi connectivity index (χ4v) is 9.28. The maximum Gasteiger partial charge on any atom is 0.203 e. The summed E-state index contributed by atoms with van der Waals surface area (Å²) in [5, 5.41) is 4.88. The number of fused-ring (bicyclic) bond motifs is 6. The number of aryl methyl sites for hydroxylation is 2. The van der Waals surface area contributed by atoms with E-state index in [2.05, 4.69) is 69.8 Å². The van der Waals surface area contributed by atoms with Gasteiger partial charge in [0.2, 0.25) is 11.5 Å². The van der Waals surface area contributed by atoms with E-state index in [-0.39, 0.29) is 0 Å². The Morgan fingerprint density at radius 1 is 0.387 bits per heavy atom. The van der Waals surface area contributed by atoms with Crippen LogP contribution < -0.4 is 28.4 Å². The summed E-state index contributed by atoms with van der Waals surface area (Å²) in [6, 6.07) is 29.6. The van der Waals surface area contributed by atoms with Gasteiger partial charge in [0, 0.05) is 69.2 Å². The minimum absolute atomic E-state index is 0.574. The lowest BCUT2D eigenvalue weighted by Crippen LogP contribution is -2.01. The fraction of sp³-hybridized carbons (Fsp3) is 0.346. The predicted octanol–water partition coefficient (Wildman–Crippen LogP) is 12.7. The Labute approximate surface area is 364 Å². The first-order valence-corrected chi connectivity index (χ1v) is 21.9. The maximum absolute atomic E-state index is 5.71. The Hall–Kier alpha value is -6.42. The third-order valence-electron chi connectivity index (χ3n) is 12.2. The Kier molecular flexibility index (Phi) is 13.3. The van der Waals surface area contributed by atoms with Crippen molar-refractivity contribution in [3.8, 4) is 57.0 Å². The van der Waals surface area contributed by atoms with Gasteiger partial charge >= 0.3 is 0 Å². The molecule has 0 amide bonds. The predicted molar refractivity (Wildman–Crippen MR) is 251 cm³/mol. The molecule has 8 rings (SSSR count). The van der Waals surface area contributed by atoms with Crippen LogP contribution in [-0.2, 0) is 13.1 Å². The molecule has 4 aromatic carbocycles. The highest BCUT2D eigenvalue weighted by molar-refractivity contribution is 6.13. The minimum Gasteiger partial charge on any atom is -0.493 e. The molecule has 0 aliphatic heterocycles. The summed E-state index contributed by atoms with van der Waals surface area (Å²) in [4.78, 5) is 9.85. The van der Waals surface area contributed by atoms with Crippen molar-refractivity contribution >= 4 is 43.6 Å². The second-order valence-corrected chi connectivity index (χ2v) is 15.8. The van der Waals surface area contributed by atoms with E-state index in [1.54, 1.807) is 42.7 Å². The number of ether oxygens (including phenoxy) is 6. The maximum atomic E-state index is 5.71. The summed E-state index contributed by atoms with van der Waals surface area (Å²) in [6.07, 6.45) is 16.0. The van der Waals surface area contributed by atoms with Crippen molar-refractivity contribution in [1.29, 1.82) is 0 Å². The molecule has 0 aliphatic carbocycles. The summed E-state index contributed by atoms with van der Waals surface area (Å²) in [6.45, 7) is 1.86. The average Bonchev–Trinajstić information content (AvgIpc) is 3.83. The molecule has 0 atom stereocenters. The van der Waals surface area contributed by atoms with E-state index < -0.39 is 0 Å². The molecule has 0 N–H and O–H groups in total. The zero-order chi connectivity index (χ0) is 43.0. The van der Waals surface area contributed by atoms with Crippen LogP contribution in [-0.4, -0.2) is 61.8 Å². The highest BCUT2D eigenvalue weighted by Gasteiger charge is 2.22. The summed E-state index contributed by atoms with van der Waals surface area (Å²) >= 11 is 0. The summed E-state index contributed by atoms with van der Waals surface area (Å²) < 4.78 is 39.0. The van der Waals surface area contributed by atoms with Crippen LogP contribution in [0.3, 0.4) is 0 Å². The molecule has 10 nitrogen and oxygen atoms in total. The summed E-state index contributed by atoms with van der Waals surface area (Å²) in [7, 11) is 9.85. The number of pyridine rings is 2. The lowest BCUT2D eigenvalue weighted by atomic mass is 10.1. The van der Waals surface area contributed by atoms with Gasteiger partial charge in [-0.15, -0.1) is 0 Å². The monoisotopic (exact) mass is 834 g/mol. The van der Waals surface area contributed by atoms with Crippen LogP contribution in [0.5, 0.6) is 34.5 Å². The van der Waals surface area contributed by atoms with Gasteiger partial charge in [-0.05, 0) is 61.4 Å². The van der Waals surface area contributed by atoms with Crippen LogP contribution in [0, 0.1) is 0 Å². The van der Waals surface area contributed by atoms with E-state index in [9.17, 15) is 0 Å². The van der Waals surface area contributed by atoms with Gasteiger partial charge in [0.15, 0.2) is 23.0 Å². The smallest absolute Gasteiger partial charge is 0.203 e. The average molecular weight is 835 g/mol. The number of hydrogen-bond acceptors (Lipinski definition) is 8. The lowest BCUT2D eigenvalue weighted by molar-refractivity contribution is 0.324. The number of methoxy groups -OCH3 is 6. The zero-order valence-corrected chi connectivity index (χ0v) is 37.0. The quantitative estimate of drug-likeness (QED) is 0.0661. The molecule has 0 unspecified atom stereocenters. The SMILES string of the molecule is COc1cc(-c2nccc3c4ccccc4n(CCCCCCCCCCCCn4c5ccccc5c5ccnc(-c6cc(OC)c(OC)c(OC)c6)c54)c23)cc(OC)c1OC. The van der Waals surface area contributed by atoms with E-state index in [1.807, 2.05) is 36.7 Å². The third kappa shape index (κ3) is 8.18. The molecule has 0 spiro atoms. The molecule has 8 aromatic rings. The first kappa shape index (κ1) is 42.3.